The Morgan fingerprint density at radius 1 is 1.42 bits per heavy atom. The van der Waals surface area contributed by atoms with E-state index in [1.54, 1.807) is 7.05 Å². The first kappa shape index (κ1) is 15.7. The molecule has 1 N–H and O–H groups in total. The van der Waals surface area contributed by atoms with Crippen LogP contribution in [0, 0.1) is 6.92 Å². The fraction of sp³-hybridized carbons (Fsp3) is 0.615. The molecule has 106 valence electrons. The molecule has 1 heterocycles. The molecule has 1 amide bonds. The largest absolute Gasteiger partial charge is 0.359 e. The Labute approximate surface area is 119 Å². The third-order valence-corrected chi connectivity index (χ3v) is 3.28. The molecule has 1 aromatic heterocycles. The van der Waals surface area contributed by atoms with Crippen LogP contribution in [0.25, 0.3) is 0 Å². The summed E-state index contributed by atoms with van der Waals surface area (Å²) in [5.74, 6) is 1.72. The molecule has 0 saturated heterocycles. The normalized spacial score (nSPS) is 10.7. The minimum Gasteiger partial charge on any atom is -0.359 e. The van der Waals surface area contributed by atoms with E-state index in [2.05, 4.69) is 15.3 Å². The molecule has 5 nitrogen and oxygen atoms in total. The monoisotopic (exact) mass is 284 g/mol. The van der Waals surface area contributed by atoms with Gasteiger partial charge in [-0.2, -0.15) is 0 Å². The summed E-state index contributed by atoms with van der Waals surface area (Å²) in [6.07, 6.45) is 0.422. The average Bonchev–Trinajstić information content (AvgIpc) is 2.38. The summed E-state index contributed by atoms with van der Waals surface area (Å²) in [7, 11) is 3.53. The molecule has 0 bridgehead atoms. The standard InChI is InChI=1S/C13H21ClN4O/c1-8(2)12-16-11(14)9(3)13(17-12)18(5)7-6-10(19)15-4/h8H,6-7H2,1-5H3,(H,15,19). The zero-order valence-electron chi connectivity index (χ0n) is 12.1. The van der Waals surface area contributed by atoms with Crippen molar-refractivity contribution in [3.8, 4) is 0 Å². The van der Waals surface area contributed by atoms with Gasteiger partial charge < -0.3 is 10.2 Å². The molecule has 0 fully saturated rings. The van der Waals surface area contributed by atoms with Crippen molar-refractivity contribution in [3.63, 3.8) is 0 Å². The molecular weight excluding hydrogens is 264 g/mol. The zero-order valence-corrected chi connectivity index (χ0v) is 12.9. The predicted molar refractivity (Wildman–Crippen MR) is 77.8 cm³/mol. The summed E-state index contributed by atoms with van der Waals surface area (Å²) in [6.45, 7) is 6.52. The van der Waals surface area contributed by atoms with E-state index in [-0.39, 0.29) is 11.8 Å². The summed E-state index contributed by atoms with van der Waals surface area (Å²) in [6, 6.07) is 0. The second kappa shape index (κ2) is 6.70. The molecule has 19 heavy (non-hydrogen) atoms. The van der Waals surface area contributed by atoms with Gasteiger partial charge in [0.15, 0.2) is 0 Å². The van der Waals surface area contributed by atoms with Crippen LogP contribution in [0.15, 0.2) is 0 Å². The van der Waals surface area contributed by atoms with E-state index < -0.39 is 0 Å². The van der Waals surface area contributed by atoms with Crippen LogP contribution in [0.1, 0.15) is 37.6 Å². The van der Waals surface area contributed by atoms with Crippen LogP contribution in [-0.4, -0.2) is 36.5 Å². The van der Waals surface area contributed by atoms with Crippen molar-refractivity contribution in [1.82, 2.24) is 15.3 Å². The van der Waals surface area contributed by atoms with Gasteiger partial charge in [0.1, 0.15) is 16.8 Å². The van der Waals surface area contributed by atoms with Crippen molar-refractivity contribution in [2.75, 3.05) is 25.5 Å². The number of amides is 1. The van der Waals surface area contributed by atoms with Gasteiger partial charge in [0.2, 0.25) is 5.91 Å². The van der Waals surface area contributed by atoms with Crippen LogP contribution < -0.4 is 10.2 Å². The summed E-state index contributed by atoms with van der Waals surface area (Å²) >= 11 is 6.14. The first-order chi connectivity index (χ1) is 8.86. The fourth-order valence-electron chi connectivity index (χ4n) is 1.62. The number of hydrogen-bond acceptors (Lipinski definition) is 4. The first-order valence-electron chi connectivity index (χ1n) is 6.32. The molecule has 0 aromatic carbocycles. The number of aromatic nitrogens is 2. The fourth-order valence-corrected chi connectivity index (χ4v) is 1.80. The SMILES string of the molecule is CNC(=O)CCN(C)c1nc(C(C)C)nc(Cl)c1C. The maximum absolute atomic E-state index is 11.3. The van der Waals surface area contributed by atoms with E-state index in [4.69, 9.17) is 11.6 Å². The lowest BCUT2D eigenvalue weighted by atomic mass is 10.2. The summed E-state index contributed by atoms with van der Waals surface area (Å²) < 4.78 is 0. The molecule has 0 aliphatic heterocycles. The molecule has 0 aliphatic carbocycles. The highest BCUT2D eigenvalue weighted by Crippen LogP contribution is 2.25. The summed E-state index contributed by atoms with van der Waals surface area (Å²) in [5.41, 5.74) is 0.838. The van der Waals surface area contributed by atoms with Gasteiger partial charge >= 0.3 is 0 Å². The number of nitrogens with zero attached hydrogens (tertiary/aromatic N) is 3. The highest BCUT2D eigenvalue weighted by Gasteiger charge is 2.15. The van der Waals surface area contributed by atoms with E-state index in [1.165, 1.54) is 0 Å². The number of hydrogen-bond donors (Lipinski definition) is 1. The summed E-state index contributed by atoms with van der Waals surface area (Å²) in [5, 5.41) is 3.08. The van der Waals surface area contributed by atoms with Crippen molar-refractivity contribution in [2.45, 2.75) is 33.1 Å². The second-order valence-electron chi connectivity index (χ2n) is 4.82. The smallest absolute Gasteiger partial charge is 0.221 e. The van der Waals surface area contributed by atoms with Gasteiger partial charge in [-0.3, -0.25) is 4.79 Å². The Balaban J connectivity index is 2.95. The second-order valence-corrected chi connectivity index (χ2v) is 5.18. The zero-order chi connectivity index (χ0) is 14.6. The van der Waals surface area contributed by atoms with Crippen LogP contribution in [0.3, 0.4) is 0 Å². The van der Waals surface area contributed by atoms with Crippen molar-refractivity contribution < 1.29 is 4.79 Å². The van der Waals surface area contributed by atoms with E-state index in [9.17, 15) is 4.79 Å². The molecular formula is C13H21ClN4O. The number of carbonyl (C=O) groups is 1. The molecule has 0 radical (unpaired) electrons. The van der Waals surface area contributed by atoms with Crippen molar-refractivity contribution >= 4 is 23.3 Å². The van der Waals surface area contributed by atoms with Gasteiger partial charge in [-0.25, -0.2) is 9.97 Å². The predicted octanol–water partition coefficient (Wildman–Crippen LogP) is 2.13. The quantitative estimate of drug-likeness (QED) is 0.842. The van der Waals surface area contributed by atoms with Gasteiger partial charge in [-0.15, -0.1) is 0 Å². The Hall–Kier alpha value is -1.36. The molecule has 0 spiro atoms. The highest BCUT2D eigenvalue weighted by atomic mass is 35.5. The molecule has 0 aliphatic rings. The van der Waals surface area contributed by atoms with Gasteiger partial charge in [-0.05, 0) is 6.92 Å². The highest BCUT2D eigenvalue weighted by molar-refractivity contribution is 6.30. The van der Waals surface area contributed by atoms with Gasteiger partial charge in [-0.1, -0.05) is 25.4 Å². The lowest BCUT2D eigenvalue weighted by Gasteiger charge is -2.21. The average molecular weight is 285 g/mol. The molecule has 6 heteroatoms. The summed E-state index contributed by atoms with van der Waals surface area (Å²) in [4.78, 5) is 22.0. The lowest BCUT2D eigenvalue weighted by molar-refractivity contribution is -0.120. The Morgan fingerprint density at radius 2 is 2.05 bits per heavy atom. The minimum absolute atomic E-state index is 0.00809. The molecule has 0 atom stereocenters. The molecule has 1 rings (SSSR count). The topological polar surface area (TPSA) is 58.1 Å². The van der Waals surface area contributed by atoms with Crippen LogP contribution in [0.5, 0.6) is 0 Å². The number of rotatable bonds is 5. The third kappa shape index (κ3) is 4.06. The van der Waals surface area contributed by atoms with Crippen LogP contribution >= 0.6 is 11.6 Å². The lowest BCUT2D eigenvalue weighted by Crippen LogP contribution is -2.27. The Bertz CT molecular complexity index is 462. The first-order valence-corrected chi connectivity index (χ1v) is 6.70. The minimum atomic E-state index is 0.00809. The van der Waals surface area contributed by atoms with Crippen molar-refractivity contribution in [1.29, 1.82) is 0 Å². The molecule has 0 saturated carbocycles. The van der Waals surface area contributed by atoms with E-state index in [1.807, 2.05) is 32.7 Å². The van der Waals surface area contributed by atoms with Gasteiger partial charge in [0.25, 0.3) is 0 Å². The van der Waals surface area contributed by atoms with Crippen molar-refractivity contribution in [2.24, 2.45) is 0 Å². The number of halogens is 1. The number of nitrogens with one attached hydrogen (secondary N) is 1. The Morgan fingerprint density at radius 3 is 2.58 bits per heavy atom. The van der Waals surface area contributed by atoms with E-state index >= 15 is 0 Å². The van der Waals surface area contributed by atoms with Gasteiger partial charge in [0.05, 0.1) is 0 Å². The molecule has 0 unspecified atom stereocenters. The van der Waals surface area contributed by atoms with E-state index in [0.717, 1.165) is 17.2 Å². The third-order valence-electron chi connectivity index (χ3n) is 2.91. The number of carbonyl (C=O) groups excluding carboxylic acids is 1. The maximum Gasteiger partial charge on any atom is 0.221 e. The van der Waals surface area contributed by atoms with Crippen LogP contribution in [0.4, 0.5) is 5.82 Å². The van der Waals surface area contributed by atoms with E-state index in [0.29, 0.717) is 18.1 Å². The Kier molecular flexibility index (Phi) is 5.54. The molecule has 1 aromatic rings. The van der Waals surface area contributed by atoms with Crippen LogP contribution in [-0.2, 0) is 4.79 Å². The van der Waals surface area contributed by atoms with Gasteiger partial charge in [0, 0.05) is 38.5 Å². The van der Waals surface area contributed by atoms with Crippen LogP contribution in [0.2, 0.25) is 5.15 Å². The number of anilines is 1. The maximum atomic E-state index is 11.3. The van der Waals surface area contributed by atoms with Crippen molar-refractivity contribution in [3.05, 3.63) is 16.5 Å².